The Morgan fingerprint density at radius 2 is 2.17 bits per heavy atom. The average molecular weight is 331 g/mol. The Labute approximate surface area is 130 Å². The number of halogens is 3. The zero-order valence-electron chi connectivity index (χ0n) is 12.2. The Morgan fingerprint density at radius 1 is 1.39 bits per heavy atom. The Kier molecular flexibility index (Phi) is 4.15. The summed E-state index contributed by atoms with van der Waals surface area (Å²) in [5, 5.41) is 14.1. The Hall–Kier alpha value is -1.87. The van der Waals surface area contributed by atoms with Crippen LogP contribution < -0.4 is 10.1 Å². The fourth-order valence-electron chi connectivity index (χ4n) is 3.14. The molecule has 1 unspecified atom stereocenters. The molecule has 9 heteroatoms. The van der Waals surface area contributed by atoms with E-state index in [0.717, 1.165) is 31.6 Å². The summed E-state index contributed by atoms with van der Waals surface area (Å²) in [5.41, 5.74) is -1.70. The van der Waals surface area contributed by atoms with Crippen LogP contribution in [0.2, 0.25) is 0 Å². The van der Waals surface area contributed by atoms with E-state index in [1.165, 1.54) is 0 Å². The summed E-state index contributed by atoms with van der Waals surface area (Å²) in [6.07, 6.45) is -3.57. The third-order valence-electron chi connectivity index (χ3n) is 4.25. The van der Waals surface area contributed by atoms with Crippen LogP contribution in [0.15, 0.2) is 18.2 Å². The van der Waals surface area contributed by atoms with E-state index in [9.17, 15) is 23.3 Å². The van der Waals surface area contributed by atoms with Gasteiger partial charge in [0.15, 0.2) is 0 Å². The van der Waals surface area contributed by atoms with Gasteiger partial charge in [-0.1, -0.05) is 0 Å². The number of likely N-dealkylation sites (tertiary alicyclic amines) is 1. The fourth-order valence-corrected chi connectivity index (χ4v) is 3.14. The highest BCUT2D eigenvalue weighted by Crippen LogP contribution is 2.34. The van der Waals surface area contributed by atoms with Crippen molar-refractivity contribution < 1.29 is 22.8 Å². The van der Waals surface area contributed by atoms with Crippen LogP contribution in [0.5, 0.6) is 5.75 Å². The first-order valence-electron chi connectivity index (χ1n) is 7.30. The van der Waals surface area contributed by atoms with Crippen molar-refractivity contribution in [2.75, 3.05) is 26.2 Å². The number of nitrogens with one attached hydrogen (secondary N) is 1. The van der Waals surface area contributed by atoms with E-state index in [4.69, 9.17) is 4.74 Å². The van der Waals surface area contributed by atoms with Gasteiger partial charge >= 0.3 is 6.18 Å². The third-order valence-corrected chi connectivity index (χ3v) is 4.25. The summed E-state index contributed by atoms with van der Waals surface area (Å²) in [5.74, 6) is -0.131. The molecule has 23 heavy (non-hydrogen) atoms. The van der Waals surface area contributed by atoms with Crippen molar-refractivity contribution in [1.82, 2.24) is 10.2 Å². The maximum atomic E-state index is 12.8. The molecular formula is C14H16F3N3O3. The number of nitro benzene ring substituents is 1. The van der Waals surface area contributed by atoms with Crippen LogP contribution >= 0.6 is 0 Å². The van der Waals surface area contributed by atoms with Gasteiger partial charge in [0.25, 0.3) is 5.69 Å². The molecule has 1 aromatic rings. The standard InChI is InChI=1S/C14H16F3N3O3/c15-14(16,17)9-3-11(20(21)22)6-13(4-9)23-2-1-19-8-10-5-12(19)7-18-10/h3-4,6,10,12,18H,1-2,5,7-8H2/t10?,12-/m0/s1. The molecule has 1 aromatic carbocycles. The number of non-ortho nitro benzene ring substituents is 1. The number of hydrogen-bond acceptors (Lipinski definition) is 5. The smallest absolute Gasteiger partial charge is 0.416 e. The van der Waals surface area contributed by atoms with Crippen LogP contribution in [-0.4, -0.2) is 48.1 Å². The second kappa shape index (κ2) is 5.97. The van der Waals surface area contributed by atoms with Crippen molar-refractivity contribution in [1.29, 1.82) is 0 Å². The highest BCUT2D eigenvalue weighted by atomic mass is 19.4. The molecule has 2 atom stereocenters. The van der Waals surface area contributed by atoms with E-state index in [2.05, 4.69) is 10.2 Å². The number of rotatable bonds is 5. The van der Waals surface area contributed by atoms with Crippen LogP contribution in [0.3, 0.4) is 0 Å². The predicted molar refractivity (Wildman–Crippen MR) is 75.4 cm³/mol. The van der Waals surface area contributed by atoms with Gasteiger partial charge in [-0.2, -0.15) is 13.2 Å². The molecule has 1 N–H and O–H groups in total. The number of hydrogen-bond donors (Lipinski definition) is 1. The van der Waals surface area contributed by atoms with Gasteiger partial charge in [0.1, 0.15) is 12.4 Å². The van der Waals surface area contributed by atoms with E-state index in [1.54, 1.807) is 0 Å². The highest BCUT2D eigenvalue weighted by molar-refractivity contribution is 5.43. The molecule has 2 aliphatic heterocycles. The van der Waals surface area contributed by atoms with Crippen LogP contribution in [0.4, 0.5) is 18.9 Å². The summed E-state index contributed by atoms with van der Waals surface area (Å²) in [4.78, 5) is 12.1. The van der Waals surface area contributed by atoms with Gasteiger partial charge in [0.05, 0.1) is 16.6 Å². The quantitative estimate of drug-likeness (QED) is 0.661. The normalized spacial score (nSPS) is 24.1. The third kappa shape index (κ3) is 3.56. The summed E-state index contributed by atoms with van der Waals surface area (Å²) in [6, 6.07) is 3.25. The number of ether oxygens (including phenoxy) is 1. The summed E-state index contributed by atoms with van der Waals surface area (Å²) in [7, 11) is 0. The van der Waals surface area contributed by atoms with Crippen molar-refractivity contribution in [2.45, 2.75) is 24.7 Å². The topological polar surface area (TPSA) is 67.6 Å². The Bertz CT molecular complexity index is 609. The number of piperazine rings is 1. The Balaban J connectivity index is 1.64. The molecular weight excluding hydrogens is 315 g/mol. The van der Waals surface area contributed by atoms with Crippen molar-refractivity contribution in [3.8, 4) is 5.75 Å². The Morgan fingerprint density at radius 3 is 2.74 bits per heavy atom. The SMILES string of the molecule is O=[N+]([O-])c1cc(OCCN2CC3C[C@H]2CN3)cc(C(F)(F)F)c1. The first-order valence-corrected chi connectivity index (χ1v) is 7.30. The summed E-state index contributed by atoms with van der Waals surface area (Å²) < 4.78 is 43.7. The maximum Gasteiger partial charge on any atom is 0.416 e. The second-order valence-corrected chi connectivity index (χ2v) is 5.81. The van der Waals surface area contributed by atoms with Crippen molar-refractivity contribution in [3.63, 3.8) is 0 Å². The van der Waals surface area contributed by atoms with Gasteiger partial charge < -0.3 is 10.1 Å². The molecule has 0 radical (unpaired) electrons. The monoisotopic (exact) mass is 331 g/mol. The average Bonchev–Trinajstić information content (AvgIpc) is 3.08. The lowest BCUT2D eigenvalue weighted by atomic mass is 10.2. The molecule has 0 aromatic heterocycles. The number of alkyl halides is 3. The summed E-state index contributed by atoms with van der Waals surface area (Å²) in [6.45, 7) is 2.60. The van der Waals surface area contributed by atoms with Gasteiger partial charge in [-0.15, -0.1) is 0 Å². The molecule has 0 amide bonds. The molecule has 2 aliphatic rings. The first-order chi connectivity index (χ1) is 10.8. The number of fused-ring (bicyclic) bond motifs is 2. The van der Waals surface area contributed by atoms with E-state index in [-0.39, 0.29) is 12.4 Å². The molecule has 2 fully saturated rings. The van der Waals surface area contributed by atoms with Crippen molar-refractivity contribution in [2.24, 2.45) is 0 Å². The van der Waals surface area contributed by atoms with Gasteiger partial charge in [0.2, 0.25) is 0 Å². The molecule has 0 saturated carbocycles. The van der Waals surface area contributed by atoms with E-state index in [1.807, 2.05) is 0 Å². The highest BCUT2D eigenvalue weighted by Gasteiger charge is 2.37. The fraction of sp³-hybridized carbons (Fsp3) is 0.571. The van der Waals surface area contributed by atoms with Crippen molar-refractivity contribution in [3.05, 3.63) is 33.9 Å². The largest absolute Gasteiger partial charge is 0.492 e. The van der Waals surface area contributed by atoms with E-state index in [0.29, 0.717) is 24.7 Å². The zero-order valence-corrected chi connectivity index (χ0v) is 12.2. The second-order valence-electron chi connectivity index (χ2n) is 5.81. The van der Waals surface area contributed by atoms with Crippen LogP contribution in [0.25, 0.3) is 0 Å². The van der Waals surface area contributed by atoms with Crippen molar-refractivity contribution >= 4 is 5.69 Å². The van der Waals surface area contributed by atoms with Gasteiger partial charge in [0, 0.05) is 37.8 Å². The molecule has 3 rings (SSSR count). The molecule has 126 valence electrons. The zero-order chi connectivity index (χ0) is 16.6. The maximum absolute atomic E-state index is 12.8. The van der Waals surface area contributed by atoms with Gasteiger partial charge in [-0.05, 0) is 12.5 Å². The molecule has 2 bridgehead atoms. The molecule has 6 nitrogen and oxygen atoms in total. The van der Waals surface area contributed by atoms with Crippen LogP contribution in [-0.2, 0) is 6.18 Å². The summed E-state index contributed by atoms with van der Waals surface area (Å²) >= 11 is 0. The lowest BCUT2D eigenvalue weighted by molar-refractivity contribution is -0.385. The molecule has 0 aliphatic carbocycles. The van der Waals surface area contributed by atoms with Crippen LogP contribution in [0, 0.1) is 10.1 Å². The molecule has 2 heterocycles. The number of nitro groups is 1. The van der Waals surface area contributed by atoms with Crippen LogP contribution in [0.1, 0.15) is 12.0 Å². The van der Waals surface area contributed by atoms with E-state index < -0.39 is 22.4 Å². The predicted octanol–water partition coefficient (Wildman–Crippen LogP) is 2.04. The minimum atomic E-state index is -4.65. The lowest BCUT2D eigenvalue weighted by Gasteiger charge is -2.27. The first kappa shape index (κ1) is 16.0. The minimum Gasteiger partial charge on any atom is -0.492 e. The number of nitrogens with zero attached hydrogens (tertiary/aromatic N) is 2. The molecule has 0 spiro atoms. The lowest BCUT2D eigenvalue weighted by Crippen LogP contribution is -2.45. The van der Waals surface area contributed by atoms with Gasteiger partial charge in [-0.25, -0.2) is 0 Å². The van der Waals surface area contributed by atoms with E-state index >= 15 is 0 Å². The van der Waals surface area contributed by atoms with Gasteiger partial charge in [-0.3, -0.25) is 15.0 Å². The number of benzene rings is 1. The minimum absolute atomic E-state index is 0.131. The molecule has 2 saturated heterocycles.